The molecular formula is C11H19N7. The monoisotopic (exact) mass is 249 g/mol. The zero-order valence-electron chi connectivity index (χ0n) is 11.3. The highest BCUT2D eigenvalue weighted by atomic mass is 15.6. The van der Waals surface area contributed by atoms with Crippen molar-refractivity contribution in [3.63, 3.8) is 0 Å². The van der Waals surface area contributed by atoms with Gasteiger partial charge in [-0.1, -0.05) is 13.8 Å². The zero-order chi connectivity index (χ0) is 13.1. The summed E-state index contributed by atoms with van der Waals surface area (Å²) >= 11 is 0. The van der Waals surface area contributed by atoms with E-state index >= 15 is 0 Å². The Bertz CT molecular complexity index is 511. The van der Waals surface area contributed by atoms with E-state index in [0.29, 0.717) is 18.4 Å². The molecule has 0 bridgehead atoms. The second-order valence-electron chi connectivity index (χ2n) is 4.61. The maximum atomic E-state index is 4.34. The Morgan fingerprint density at radius 3 is 2.78 bits per heavy atom. The molecule has 0 unspecified atom stereocenters. The van der Waals surface area contributed by atoms with Crippen LogP contribution >= 0.6 is 0 Å². The molecular weight excluding hydrogens is 230 g/mol. The van der Waals surface area contributed by atoms with Crippen LogP contribution in [0, 0.1) is 6.92 Å². The Labute approximate surface area is 106 Å². The van der Waals surface area contributed by atoms with Crippen LogP contribution in [0.4, 0.5) is 0 Å². The number of nitrogens with one attached hydrogen (secondary N) is 1. The van der Waals surface area contributed by atoms with Gasteiger partial charge in [0, 0.05) is 18.8 Å². The van der Waals surface area contributed by atoms with Gasteiger partial charge in [0.25, 0.3) is 0 Å². The largest absolute Gasteiger partial charge is 0.323 e. The molecule has 18 heavy (non-hydrogen) atoms. The highest BCUT2D eigenvalue weighted by Gasteiger charge is 2.10. The molecule has 98 valence electrons. The molecule has 0 saturated carbocycles. The molecule has 0 aliphatic carbocycles. The minimum Gasteiger partial charge on any atom is -0.323 e. The van der Waals surface area contributed by atoms with Crippen LogP contribution in [0.1, 0.15) is 31.2 Å². The molecule has 2 aromatic rings. The topological polar surface area (TPSA) is 73.5 Å². The average Bonchev–Trinajstić information content (AvgIpc) is 2.85. The van der Waals surface area contributed by atoms with Crippen molar-refractivity contribution in [3.8, 4) is 0 Å². The van der Waals surface area contributed by atoms with E-state index in [1.54, 1.807) is 7.05 Å². The molecule has 2 heterocycles. The van der Waals surface area contributed by atoms with E-state index in [0.717, 1.165) is 18.1 Å². The van der Waals surface area contributed by atoms with Gasteiger partial charge in [-0.05, 0) is 12.1 Å². The van der Waals surface area contributed by atoms with Crippen LogP contribution in [0.15, 0.2) is 6.20 Å². The van der Waals surface area contributed by atoms with E-state index < -0.39 is 0 Å². The molecule has 1 N–H and O–H groups in total. The fourth-order valence-electron chi connectivity index (χ4n) is 1.71. The molecule has 0 amide bonds. The minimum absolute atomic E-state index is 0.447. The van der Waals surface area contributed by atoms with Crippen molar-refractivity contribution in [3.05, 3.63) is 23.5 Å². The normalized spacial score (nSPS) is 11.4. The van der Waals surface area contributed by atoms with Crippen molar-refractivity contribution in [1.82, 2.24) is 35.1 Å². The van der Waals surface area contributed by atoms with Gasteiger partial charge in [0.1, 0.15) is 5.82 Å². The lowest BCUT2D eigenvalue weighted by molar-refractivity contribution is 0.557. The predicted molar refractivity (Wildman–Crippen MR) is 66.8 cm³/mol. The van der Waals surface area contributed by atoms with Gasteiger partial charge in [0.2, 0.25) is 0 Å². The third kappa shape index (κ3) is 2.92. The van der Waals surface area contributed by atoms with Crippen LogP contribution in [0.25, 0.3) is 0 Å². The van der Waals surface area contributed by atoms with Crippen LogP contribution in [0.2, 0.25) is 0 Å². The first kappa shape index (κ1) is 12.7. The maximum Gasteiger partial charge on any atom is 0.194 e. The summed E-state index contributed by atoms with van der Waals surface area (Å²) in [5.41, 5.74) is 1.13. The van der Waals surface area contributed by atoms with Gasteiger partial charge in [0.15, 0.2) is 5.82 Å². The highest BCUT2D eigenvalue weighted by Crippen LogP contribution is 2.07. The molecule has 7 heteroatoms. The number of aryl methyl sites for hydroxylation is 2. The Hall–Kier alpha value is -1.76. The predicted octanol–water partition coefficient (Wildman–Crippen LogP) is 0.261. The summed E-state index contributed by atoms with van der Waals surface area (Å²) in [5, 5.41) is 15.4. The summed E-state index contributed by atoms with van der Waals surface area (Å²) < 4.78 is 2.10. The number of nitrogens with zero attached hydrogens (tertiary/aromatic N) is 6. The number of hydrogen-bond donors (Lipinski definition) is 1. The molecule has 0 saturated heterocycles. The van der Waals surface area contributed by atoms with Crippen LogP contribution in [0.5, 0.6) is 0 Å². The lowest BCUT2D eigenvalue weighted by Gasteiger charge is -2.11. The summed E-state index contributed by atoms with van der Waals surface area (Å²) in [4.78, 5) is 5.80. The van der Waals surface area contributed by atoms with Crippen LogP contribution in [-0.4, -0.2) is 35.8 Å². The first-order valence-electron chi connectivity index (χ1n) is 6.03. The molecule has 2 rings (SSSR count). The minimum atomic E-state index is 0.447. The van der Waals surface area contributed by atoms with Crippen molar-refractivity contribution in [1.29, 1.82) is 0 Å². The van der Waals surface area contributed by atoms with E-state index in [9.17, 15) is 0 Å². The van der Waals surface area contributed by atoms with Crippen molar-refractivity contribution < 1.29 is 0 Å². The van der Waals surface area contributed by atoms with Crippen LogP contribution < -0.4 is 5.32 Å². The van der Waals surface area contributed by atoms with Crippen molar-refractivity contribution in [2.45, 2.75) is 39.9 Å². The molecule has 0 aromatic carbocycles. The van der Waals surface area contributed by atoms with E-state index in [1.807, 2.05) is 13.1 Å². The summed E-state index contributed by atoms with van der Waals surface area (Å²) in [7, 11) is 1.76. The van der Waals surface area contributed by atoms with E-state index in [4.69, 9.17) is 0 Å². The molecule has 0 fully saturated rings. The second-order valence-corrected chi connectivity index (χ2v) is 4.61. The molecule has 0 atom stereocenters. The highest BCUT2D eigenvalue weighted by molar-refractivity contribution is 5.06. The number of hydrogen-bond acceptors (Lipinski definition) is 5. The molecule has 0 aliphatic heterocycles. The first-order chi connectivity index (χ1) is 8.56. The molecule has 2 aromatic heterocycles. The third-order valence-corrected chi connectivity index (χ3v) is 2.68. The standard InChI is InChI=1S/C11H19N7/c1-8(2)12-5-10-6-13-9(3)18(10)7-11-14-16-17(4)15-11/h6,8,12H,5,7H2,1-4H3. The van der Waals surface area contributed by atoms with Crippen molar-refractivity contribution >= 4 is 0 Å². The second kappa shape index (κ2) is 5.26. The van der Waals surface area contributed by atoms with Crippen LogP contribution in [0.3, 0.4) is 0 Å². The SMILES string of the molecule is Cc1ncc(CNC(C)C)n1Cc1nnn(C)n1. The number of tetrazole rings is 1. The van der Waals surface area contributed by atoms with Crippen LogP contribution in [-0.2, 0) is 20.1 Å². The summed E-state index contributed by atoms with van der Waals surface area (Å²) in [5.74, 6) is 1.66. The molecule has 0 radical (unpaired) electrons. The first-order valence-corrected chi connectivity index (χ1v) is 6.03. The summed E-state index contributed by atoms with van der Waals surface area (Å²) in [6.45, 7) is 7.62. The van der Waals surface area contributed by atoms with Crippen molar-refractivity contribution in [2.24, 2.45) is 7.05 Å². The van der Waals surface area contributed by atoms with E-state index in [2.05, 4.69) is 44.1 Å². The fraction of sp³-hybridized carbons (Fsp3) is 0.636. The lowest BCUT2D eigenvalue weighted by Crippen LogP contribution is -2.24. The third-order valence-electron chi connectivity index (χ3n) is 2.68. The summed E-state index contributed by atoms with van der Waals surface area (Å²) in [6.07, 6.45) is 1.89. The smallest absolute Gasteiger partial charge is 0.194 e. The van der Waals surface area contributed by atoms with E-state index in [-0.39, 0.29) is 0 Å². The zero-order valence-corrected chi connectivity index (χ0v) is 11.3. The van der Waals surface area contributed by atoms with Gasteiger partial charge >= 0.3 is 0 Å². The fourth-order valence-corrected chi connectivity index (χ4v) is 1.71. The van der Waals surface area contributed by atoms with E-state index in [1.165, 1.54) is 4.80 Å². The number of aromatic nitrogens is 6. The maximum absolute atomic E-state index is 4.34. The van der Waals surface area contributed by atoms with Gasteiger partial charge in [-0.3, -0.25) is 0 Å². The molecule has 0 aliphatic rings. The van der Waals surface area contributed by atoms with Crippen molar-refractivity contribution in [2.75, 3.05) is 0 Å². The van der Waals surface area contributed by atoms with Gasteiger partial charge in [0.05, 0.1) is 19.3 Å². The molecule has 0 spiro atoms. The Morgan fingerprint density at radius 2 is 2.17 bits per heavy atom. The van der Waals surface area contributed by atoms with Gasteiger partial charge in [-0.25, -0.2) is 4.98 Å². The molecule has 7 nitrogen and oxygen atoms in total. The number of imidazole rings is 1. The summed E-state index contributed by atoms with van der Waals surface area (Å²) in [6, 6.07) is 0.447. The van der Waals surface area contributed by atoms with Gasteiger partial charge < -0.3 is 9.88 Å². The average molecular weight is 249 g/mol. The van der Waals surface area contributed by atoms with Gasteiger partial charge in [-0.15, -0.1) is 10.2 Å². The Balaban J connectivity index is 2.13. The lowest BCUT2D eigenvalue weighted by atomic mass is 10.3. The van der Waals surface area contributed by atoms with Gasteiger partial charge in [-0.2, -0.15) is 4.80 Å². The Morgan fingerprint density at radius 1 is 1.39 bits per heavy atom. The Kier molecular flexibility index (Phi) is 3.71. The quantitative estimate of drug-likeness (QED) is 0.823. The number of rotatable bonds is 5.